The summed E-state index contributed by atoms with van der Waals surface area (Å²) in [5.41, 5.74) is 5.09. The molecule has 1 aliphatic rings. The van der Waals surface area contributed by atoms with Crippen LogP contribution in [0.15, 0.2) is 12.3 Å². The molecule has 6 heavy (non-hydrogen) atoms. The minimum atomic E-state index is 0.843. The molecule has 0 aliphatic heterocycles. The molecule has 2 N–H and O–H groups in total. The highest BCUT2D eigenvalue weighted by molar-refractivity contribution is 4.92. The van der Waals surface area contributed by atoms with Gasteiger partial charge < -0.3 is 5.73 Å². The molecule has 0 unspecified atom stereocenters. The number of allylic oxidation sites excluding steroid dienone is 1. The summed E-state index contributed by atoms with van der Waals surface area (Å²) in [5.74, 6) is 0.843. The molecule has 34 valence electrons. The van der Waals surface area contributed by atoms with Crippen LogP contribution in [0.25, 0.3) is 0 Å². The van der Waals surface area contributed by atoms with Crippen molar-refractivity contribution in [2.45, 2.75) is 12.8 Å². The van der Waals surface area contributed by atoms with E-state index >= 15 is 0 Å². The zero-order chi connectivity index (χ0) is 4.41. The summed E-state index contributed by atoms with van der Waals surface area (Å²) >= 11 is 0. The molecule has 0 heterocycles. The summed E-state index contributed by atoms with van der Waals surface area (Å²) in [6, 6.07) is 0. The van der Waals surface area contributed by atoms with Gasteiger partial charge in [0.1, 0.15) is 0 Å². The Balaban J connectivity index is 2.15. The van der Waals surface area contributed by atoms with Gasteiger partial charge in [-0.3, -0.25) is 0 Å². The van der Waals surface area contributed by atoms with Gasteiger partial charge in [-0.2, -0.15) is 0 Å². The Hall–Kier alpha value is -0.460. The van der Waals surface area contributed by atoms with Crippen molar-refractivity contribution in [2.75, 3.05) is 0 Å². The van der Waals surface area contributed by atoms with E-state index in [9.17, 15) is 0 Å². The van der Waals surface area contributed by atoms with Crippen molar-refractivity contribution in [1.82, 2.24) is 0 Å². The van der Waals surface area contributed by atoms with Crippen molar-refractivity contribution < 1.29 is 0 Å². The van der Waals surface area contributed by atoms with E-state index in [0.29, 0.717) is 0 Å². The van der Waals surface area contributed by atoms with Gasteiger partial charge in [0.2, 0.25) is 0 Å². The van der Waals surface area contributed by atoms with Crippen LogP contribution in [0.2, 0.25) is 0 Å². The Bertz CT molecular complexity index is 62.3. The molecule has 0 atom stereocenters. The summed E-state index contributed by atoms with van der Waals surface area (Å²) in [6.07, 6.45) is 6.40. The second-order valence-electron chi connectivity index (χ2n) is 1.72. The van der Waals surface area contributed by atoms with Crippen molar-refractivity contribution in [2.24, 2.45) is 11.7 Å². The minimum Gasteiger partial charge on any atom is -0.405 e. The lowest BCUT2D eigenvalue weighted by Crippen LogP contribution is -1.75. The van der Waals surface area contributed by atoms with Crippen molar-refractivity contribution in [3.05, 3.63) is 12.3 Å². The lowest BCUT2D eigenvalue weighted by molar-refractivity contribution is 1.11. The van der Waals surface area contributed by atoms with Gasteiger partial charge in [0, 0.05) is 0 Å². The third-order valence-electron chi connectivity index (χ3n) is 1.01. The maximum Gasteiger partial charge on any atom is -0.0100 e. The van der Waals surface area contributed by atoms with Gasteiger partial charge in [-0.05, 0) is 25.0 Å². The van der Waals surface area contributed by atoms with Crippen LogP contribution in [0.1, 0.15) is 12.8 Å². The highest BCUT2D eigenvalue weighted by atomic mass is 14.5. The monoisotopic (exact) mass is 83.1 g/mol. The predicted octanol–water partition coefficient (Wildman–Crippen LogP) is 0.869. The first-order valence-corrected chi connectivity index (χ1v) is 2.32. The topological polar surface area (TPSA) is 26.0 Å². The Morgan fingerprint density at radius 1 is 1.50 bits per heavy atom. The van der Waals surface area contributed by atoms with Gasteiger partial charge >= 0.3 is 0 Å². The van der Waals surface area contributed by atoms with E-state index in [1.807, 2.05) is 0 Å². The first-order chi connectivity index (χ1) is 2.93. The molecule has 0 radical (unpaired) electrons. The average molecular weight is 83.1 g/mol. The Morgan fingerprint density at radius 3 is 2.33 bits per heavy atom. The normalized spacial score (nSPS) is 22.7. The molecule has 1 fully saturated rings. The molecule has 0 bridgehead atoms. The third-order valence-corrected chi connectivity index (χ3v) is 1.01. The molecule has 0 saturated heterocycles. The molecule has 0 aromatic heterocycles. The molecule has 0 amide bonds. The largest absolute Gasteiger partial charge is 0.405 e. The van der Waals surface area contributed by atoms with Crippen LogP contribution < -0.4 is 5.73 Å². The van der Waals surface area contributed by atoms with Crippen molar-refractivity contribution >= 4 is 0 Å². The van der Waals surface area contributed by atoms with Gasteiger partial charge in [0.05, 0.1) is 0 Å². The Labute approximate surface area is 37.8 Å². The van der Waals surface area contributed by atoms with Crippen molar-refractivity contribution in [3.8, 4) is 0 Å². The highest BCUT2D eigenvalue weighted by Crippen LogP contribution is 2.29. The maximum absolute atomic E-state index is 5.09. The Morgan fingerprint density at radius 2 is 2.17 bits per heavy atom. The molecule has 1 rings (SSSR count). The minimum absolute atomic E-state index is 0.843. The number of nitrogens with two attached hydrogens (primary N) is 1. The quantitative estimate of drug-likeness (QED) is 0.500. The fraction of sp³-hybridized carbons (Fsp3) is 0.600. The summed E-state index contributed by atoms with van der Waals surface area (Å²) in [6.45, 7) is 0. The van der Waals surface area contributed by atoms with Crippen molar-refractivity contribution in [3.63, 3.8) is 0 Å². The van der Waals surface area contributed by atoms with E-state index in [4.69, 9.17) is 5.73 Å². The van der Waals surface area contributed by atoms with E-state index in [-0.39, 0.29) is 0 Å². The summed E-state index contributed by atoms with van der Waals surface area (Å²) in [4.78, 5) is 0. The molecular formula is C5H9N. The predicted molar refractivity (Wildman–Crippen MR) is 26.1 cm³/mol. The molecule has 1 aliphatic carbocycles. The Kier molecular flexibility index (Phi) is 0.825. The van der Waals surface area contributed by atoms with Crippen molar-refractivity contribution in [1.29, 1.82) is 0 Å². The van der Waals surface area contributed by atoms with Gasteiger partial charge in [-0.25, -0.2) is 0 Å². The van der Waals surface area contributed by atoms with E-state index < -0.39 is 0 Å². The zero-order valence-corrected chi connectivity index (χ0v) is 3.72. The lowest BCUT2D eigenvalue weighted by atomic mass is 10.4. The number of hydrogen-bond donors (Lipinski definition) is 1. The molecule has 1 heteroatoms. The molecular weight excluding hydrogens is 74.1 g/mol. The van der Waals surface area contributed by atoms with Crippen LogP contribution in [-0.2, 0) is 0 Å². The SMILES string of the molecule is NC=CC1CC1. The molecule has 1 saturated carbocycles. The number of hydrogen-bond acceptors (Lipinski definition) is 1. The van der Waals surface area contributed by atoms with Crippen LogP contribution in [0.3, 0.4) is 0 Å². The van der Waals surface area contributed by atoms with Crippen LogP contribution >= 0.6 is 0 Å². The van der Waals surface area contributed by atoms with E-state index in [1.165, 1.54) is 12.8 Å². The fourth-order valence-corrected chi connectivity index (χ4v) is 0.446. The molecule has 0 spiro atoms. The summed E-state index contributed by atoms with van der Waals surface area (Å²) < 4.78 is 0. The second-order valence-corrected chi connectivity index (χ2v) is 1.72. The second kappa shape index (κ2) is 1.33. The van der Waals surface area contributed by atoms with Crippen LogP contribution in [0, 0.1) is 5.92 Å². The van der Waals surface area contributed by atoms with Gasteiger partial charge in [-0.15, -0.1) is 0 Å². The van der Waals surface area contributed by atoms with E-state index in [0.717, 1.165) is 5.92 Å². The summed E-state index contributed by atoms with van der Waals surface area (Å²) in [5, 5.41) is 0. The van der Waals surface area contributed by atoms with Gasteiger partial charge in [-0.1, -0.05) is 6.08 Å². The third kappa shape index (κ3) is 0.744. The van der Waals surface area contributed by atoms with Gasteiger partial charge in [0.25, 0.3) is 0 Å². The first kappa shape index (κ1) is 3.72. The van der Waals surface area contributed by atoms with Crippen LogP contribution in [0.4, 0.5) is 0 Å². The van der Waals surface area contributed by atoms with Crippen LogP contribution in [-0.4, -0.2) is 0 Å². The standard InChI is InChI=1S/C5H9N/c6-4-3-5-1-2-5/h3-5H,1-2,6H2. The molecule has 1 nitrogen and oxygen atoms in total. The maximum atomic E-state index is 5.09. The van der Waals surface area contributed by atoms with Crippen LogP contribution in [0.5, 0.6) is 0 Å². The van der Waals surface area contributed by atoms with E-state index in [2.05, 4.69) is 6.08 Å². The van der Waals surface area contributed by atoms with E-state index in [1.54, 1.807) is 6.20 Å². The fourth-order valence-electron chi connectivity index (χ4n) is 0.446. The number of rotatable bonds is 1. The molecule has 0 aromatic carbocycles. The molecule has 0 aromatic rings. The van der Waals surface area contributed by atoms with Gasteiger partial charge in [0.15, 0.2) is 0 Å². The smallest absolute Gasteiger partial charge is 0.0100 e. The zero-order valence-electron chi connectivity index (χ0n) is 3.72. The summed E-state index contributed by atoms with van der Waals surface area (Å²) in [7, 11) is 0. The lowest BCUT2D eigenvalue weighted by Gasteiger charge is -1.70. The average Bonchev–Trinajstić information content (AvgIpc) is 2.21. The highest BCUT2D eigenvalue weighted by Gasteiger charge is 2.16. The first-order valence-electron chi connectivity index (χ1n) is 2.32.